The smallest absolute Gasteiger partial charge is 0.269 e. The van der Waals surface area contributed by atoms with Gasteiger partial charge in [-0.15, -0.1) is 0 Å². The number of likely N-dealkylation sites (tertiary alicyclic amines) is 1. The summed E-state index contributed by atoms with van der Waals surface area (Å²) >= 11 is 0. The van der Waals surface area contributed by atoms with Crippen molar-refractivity contribution >= 4 is 17.6 Å². The number of carbonyl (C=O) groups is 2. The van der Waals surface area contributed by atoms with Crippen molar-refractivity contribution in [3.05, 3.63) is 35.7 Å². The van der Waals surface area contributed by atoms with Crippen molar-refractivity contribution in [3.8, 4) is 17.7 Å². The standard InChI is InChI=1S/C16H16N6O3/c1-21-7-5-16(25,15(21)24)4-2-10-3-6-19-13(8-10)22-12(17)9-11(20-22)14(18)23/h3,6,8-9,25H,5,7,17H2,1H3,(H2,18,23). The first kappa shape index (κ1) is 16.5. The van der Waals surface area contributed by atoms with Gasteiger partial charge in [-0.2, -0.15) is 9.78 Å². The molecule has 1 aliphatic heterocycles. The number of hydrogen-bond acceptors (Lipinski definition) is 6. The van der Waals surface area contributed by atoms with Crippen LogP contribution in [-0.2, 0) is 4.79 Å². The minimum Gasteiger partial charge on any atom is -0.384 e. The van der Waals surface area contributed by atoms with E-state index in [-0.39, 0.29) is 17.9 Å². The van der Waals surface area contributed by atoms with E-state index in [1.54, 1.807) is 19.2 Å². The molecule has 25 heavy (non-hydrogen) atoms. The highest BCUT2D eigenvalue weighted by Gasteiger charge is 2.42. The van der Waals surface area contributed by atoms with Crippen molar-refractivity contribution in [2.45, 2.75) is 12.0 Å². The van der Waals surface area contributed by atoms with Gasteiger partial charge in [-0.1, -0.05) is 11.8 Å². The van der Waals surface area contributed by atoms with Crippen LogP contribution in [0, 0.1) is 11.8 Å². The highest BCUT2D eigenvalue weighted by atomic mass is 16.3. The van der Waals surface area contributed by atoms with Crippen LogP contribution in [0.4, 0.5) is 5.82 Å². The molecular weight excluding hydrogens is 324 g/mol. The second-order valence-electron chi connectivity index (χ2n) is 5.72. The summed E-state index contributed by atoms with van der Waals surface area (Å²) in [6.07, 6.45) is 1.73. The number of primary amides is 1. The number of pyridine rings is 1. The van der Waals surface area contributed by atoms with E-state index < -0.39 is 17.4 Å². The minimum absolute atomic E-state index is 0.0182. The number of likely N-dealkylation sites (N-methyl/N-ethyl adjacent to an activating group) is 1. The maximum absolute atomic E-state index is 11.9. The van der Waals surface area contributed by atoms with Crippen LogP contribution in [0.1, 0.15) is 22.5 Å². The Morgan fingerprint density at radius 3 is 2.80 bits per heavy atom. The summed E-state index contributed by atoms with van der Waals surface area (Å²) in [4.78, 5) is 28.7. The molecule has 128 valence electrons. The first-order valence-corrected chi connectivity index (χ1v) is 7.43. The van der Waals surface area contributed by atoms with Gasteiger partial charge in [-0.05, 0) is 12.1 Å². The van der Waals surface area contributed by atoms with E-state index >= 15 is 0 Å². The maximum atomic E-state index is 11.9. The van der Waals surface area contributed by atoms with Gasteiger partial charge < -0.3 is 21.5 Å². The third-order valence-corrected chi connectivity index (χ3v) is 3.88. The van der Waals surface area contributed by atoms with Gasteiger partial charge in [0, 0.05) is 37.8 Å². The number of nitrogens with zero attached hydrogens (tertiary/aromatic N) is 4. The van der Waals surface area contributed by atoms with Crippen molar-refractivity contribution < 1.29 is 14.7 Å². The molecule has 2 aromatic rings. The van der Waals surface area contributed by atoms with Gasteiger partial charge in [-0.25, -0.2) is 4.98 Å². The van der Waals surface area contributed by atoms with E-state index in [0.29, 0.717) is 17.9 Å². The van der Waals surface area contributed by atoms with Crippen molar-refractivity contribution in [3.63, 3.8) is 0 Å². The van der Waals surface area contributed by atoms with Crippen LogP contribution in [0.3, 0.4) is 0 Å². The van der Waals surface area contributed by atoms with E-state index in [4.69, 9.17) is 11.5 Å². The molecule has 1 unspecified atom stereocenters. The number of nitrogens with two attached hydrogens (primary N) is 2. The fraction of sp³-hybridized carbons (Fsp3) is 0.250. The Balaban J connectivity index is 1.93. The summed E-state index contributed by atoms with van der Waals surface area (Å²) in [7, 11) is 1.61. The van der Waals surface area contributed by atoms with E-state index in [1.165, 1.54) is 21.8 Å². The summed E-state index contributed by atoms with van der Waals surface area (Å²) in [5, 5.41) is 14.3. The Labute approximate surface area is 143 Å². The molecule has 2 aromatic heterocycles. The molecule has 0 aromatic carbocycles. The van der Waals surface area contributed by atoms with E-state index in [9.17, 15) is 14.7 Å². The van der Waals surface area contributed by atoms with E-state index in [1.807, 2.05) is 0 Å². The predicted octanol–water partition coefficient (Wildman–Crippen LogP) is -1.11. The fourth-order valence-corrected chi connectivity index (χ4v) is 2.46. The molecule has 0 spiro atoms. The molecule has 3 rings (SSSR count). The SMILES string of the molecule is CN1CCC(O)(C#Cc2ccnc(-n3nc(C(N)=O)cc3N)c2)C1=O. The number of amides is 2. The first-order valence-electron chi connectivity index (χ1n) is 7.43. The summed E-state index contributed by atoms with van der Waals surface area (Å²) in [6, 6.07) is 4.55. The van der Waals surface area contributed by atoms with Gasteiger partial charge in [0.25, 0.3) is 11.8 Å². The van der Waals surface area contributed by atoms with Crippen LogP contribution in [-0.4, -0.2) is 55.8 Å². The van der Waals surface area contributed by atoms with Crippen LogP contribution in [0.15, 0.2) is 24.4 Å². The lowest BCUT2D eigenvalue weighted by Crippen LogP contribution is -2.37. The molecule has 0 aliphatic carbocycles. The number of rotatable bonds is 2. The first-order chi connectivity index (χ1) is 11.8. The second-order valence-corrected chi connectivity index (χ2v) is 5.72. The molecule has 9 heteroatoms. The summed E-state index contributed by atoms with van der Waals surface area (Å²) in [5.41, 5.74) is 9.85. The largest absolute Gasteiger partial charge is 0.384 e. The Bertz CT molecular complexity index is 925. The quantitative estimate of drug-likeness (QED) is 0.592. The van der Waals surface area contributed by atoms with Gasteiger partial charge in [0.15, 0.2) is 11.5 Å². The van der Waals surface area contributed by atoms with Crippen LogP contribution < -0.4 is 11.5 Å². The molecule has 0 saturated carbocycles. The van der Waals surface area contributed by atoms with Crippen LogP contribution in [0.5, 0.6) is 0 Å². The van der Waals surface area contributed by atoms with Gasteiger partial charge in [0.05, 0.1) is 0 Å². The average molecular weight is 340 g/mol. The molecule has 0 radical (unpaired) electrons. The lowest BCUT2D eigenvalue weighted by molar-refractivity contribution is -0.137. The van der Waals surface area contributed by atoms with Gasteiger partial charge in [0.2, 0.25) is 5.60 Å². The number of aliphatic hydroxyl groups is 1. The number of nitrogen functional groups attached to an aromatic ring is 1. The van der Waals surface area contributed by atoms with Crippen LogP contribution in [0.2, 0.25) is 0 Å². The van der Waals surface area contributed by atoms with Crippen LogP contribution >= 0.6 is 0 Å². The predicted molar refractivity (Wildman–Crippen MR) is 88.4 cm³/mol. The monoisotopic (exact) mass is 340 g/mol. The van der Waals surface area contributed by atoms with Crippen molar-refractivity contribution in [1.82, 2.24) is 19.7 Å². The normalized spacial score (nSPS) is 19.6. The van der Waals surface area contributed by atoms with Gasteiger partial charge in [-0.3, -0.25) is 9.59 Å². The highest BCUT2D eigenvalue weighted by Crippen LogP contribution is 2.21. The summed E-state index contributed by atoms with van der Waals surface area (Å²) in [6.45, 7) is 0.450. The molecule has 3 heterocycles. The Hall–Kier alpha value is -3.38. The fourth-order valence-electron chi connectivity index (χ4n) is 2.46. The number of hydrogen-bond donors (Lipinski definition) is 3. The molecule has 9 nitrogen and oxygen atoms in total. The van der Waals surface area contributed by atoms with Crippen molar-refractivity contribution in [2.75, 3.05) is 19.3 Å². The summed E-state index contributed by atoms with van der Waals surface area (Å²) in [5.74, 6) is 4.80. The number of anilines is 1. The molecule has 1 atom stereocenters. The van der Waals surface area contributed by atoms with E-state index in [0.717, 1.165) is 0 Å². The zero-order valence-electron chi connectivity index (χ0n) is 13.4. The zero-order valence-corrected chi connectivity index (χ0v) is 13.4. The third kappa shape index (κ3) is 3.02. The second kappa shape index (κ2) is 5.92. The van der Waals surface area contributed by atoms with Crippen molar-refractivity contribution in [2.24, 2.45) is 5.73 Å². The topological polar surface area (TPSA) is 140 Å². The third-order valence-electron chi connectivity index (χ3n) is 3.88. The lowest BCUT2D eigenvalue weighted by Gasteiger charge is -2.13. The number of aromatic nitrogens is 3. The Kier molecular flexibility index (Phi) is 3.90. The molecule has 2 amide bonds. The highest BCUT2D eigenvalue weighted by molar-refractivity contribution is 5.91. The number of carbonyl (C=O) groups excluding carboxylic acids is 2. The van der Waals surface area contributed by atoms with Crippen molar-refractivity contribution in [1.29, 1.82) is 0 Å². The molecular formula is C16H16N6O3. The molecule has 1 aliphatic rings. The van der Waals surface area contributed by atoms with E-state index in [2.05, 4.69) is 21.9 Å². The molecule has 1 fully saturated rings. The molecule has 0 bridgehead atoms. The maximum Gasteiger partial charge on any atom is 0.269 e. The minimum atomic E-state index is -1.68. The molecule has 5 N–H and O–H groups in total. The lowest BCUT2D eigenvalue weighted by atomic mass is 10.0. The van der Waals surface area contributed by atoms with Gasteiger partial charge in [0.1, 0.15) is 5.82 Å². The zero-order chi connectivity index (χ0) is 18.2. The average Bonchev–Trinajstić information content (AvgIpc) is 3.10. The van der Waals surface area contributed by atoms with Gasteiger partial charge >= 0.3 is 0 Å². The Morgan fingerprint density at radius 2 is 2.20 bits per heavy atom. The summed E-state index contributed by atoms with van der Waals surface area (Å²) < 4.78 is 1.26. The Morgan fingerprint density at radius 1 is 1.44 bits per heavy atom. The van der Waals surface area contributed by atoms with Crippen LogP contribution in [0.25, 0.3) is 5.82 Å². The molecule has 1 saturated heterocycles.